The van der Waals surface area contributed by atoms with Crippen molar-refractivity contribution in [2.45, 2.75) is 6.42 Å². The Morgan fingerprint density at radius 3 is 2.71 bits per heavy atom. The number of rotatable bonds is 5. The van der Waals surface area contributed by atoms with Crippen LogP contribution in [0.2, 0.25) is 0 Å². The first-order chi connectivity index (χ1) is 10.3. The van der Waals surface area contributed by atoms with Crippen LogP contribution in [0.4, 0.5) is 5.82 Å². The molecule has 0 saturated carbocycles. The molecule has 2 heterocycles. The maximum atomic E-state index is 5.16. The Kier molecular flexibility index (Phi) is 3.68. The molecule has 0 radical (unpaired) electrons. The second-order valence-corrected chi connectivity index (χ2v) is 4.84. The van der Waals surface area contributed by atoms with Gasteiger partial charge in [0.2, 0.25) is 0 Å². The lowest BCUT2D eigenvalue weighted by molar-refractivity contribution is 0.414. The molecule has 0 amide bonds. The highest BCUT2D eigenvalue weighted by molar-refractivity contribution is 5.44. The van der Waals surface area contributed by atoms with Crippen molar-refractivity contribution < 1.29 is 4.74 Å². The molecular formula is C15H17N5O. The van der Waals surface area contributed by atoms with Gasteiger partial charge in [0.05, 0.1) is 7.11 Å². The first-order valence-corrected chi connectivity index (χ1v) is 6.77. The van der Waals surface area contributed by atoms with Crippen molar-refractivity contribution in [3.8, 4) is 5.75 Å². The van der Waals surface area contributed by atoms with E-state index in [4.69, 9.17) is 4.74 Å². The Hall–Kier alpha value is -2.63. The summed E-state index contributed by atoms with van der Waals surface area (Å²) in [5, 5.41) is 12.3. The number of hydrogen-bond acceptors (Lipinski definition) is 5. The second kappa shape index (κ2) is 5.78. The minimum absolute atomic E-state index is 0.752. The lowest BCUT2D eigenvalue weighted by Gasteiger charge is -2.17. The molecule has 0 aliphatic carbocycles. The normalized spacial score (nSPS) is 10.8. The molecule has 3 rings (SSSR count). The van der Waals surface area contributed by atoms with Crippen LogP contribution in [-0.4, -0.2) is 40.5 Å². The SMILES string of the molecule is COc1ccc(CCN(C)c2ccc3nncn3n2)cc1. The summed E-state index contributed by atoms with van der Waals surface area (Å²) in [6.07, 6.45) is 2.55. The summed E-state index contributed by atoms with van der Waals surface area (Å²) < 4.78 is 6.84. The van der Waals surface area contributed by atoms with Gasteiger partial charge in [0, 0.05) is 13.6 Å². The summed E-state index contributed by atoms with van der Waals surface area (Å²) in [6, 6.07) is 12.0. The first kappa shape index (κ1) is 13.4. The summed E-state index contributed by atoms with van der Waals surface area (Å²) >= 11 is 0. The van der Waals surface area contributed by atoms with Gasteiger partial charge in [-0.3, -0.25) is 0 Å². The zero-order valence-electron chi connectivity index (χ0n) is 12.1. The number of anilines is 1. The van der Waals surface area contributed by atoms with Crippen molar-refractivity contribution in [1.82, 2.24) is 19.8 Å². The number of methoxy groups -OCH3 is 1. The van der Waals surface area contributed by atoms with Crippen molar-refractivity contribution in [3.63, 3.8) is 0 Å². The Morgan fingerprint density at radius 2 is 1.95 bits per heavy atom. The van der Waals surface area contributed by atoms with Gasteiger partial charge in [-0.25, -0.2) is 0 Å². The molecule has 0 N–H and O–H groups in total. The Balaban J connectivity index is 1.66. The molecule has 0 unspecified atom stereocenters. The molecule has 21 heavy (non-hydrogen) atoms. The van der Waals surface area contributed by atoms with Crippen molar-refractivity contribution >= 4 is 11.5 Å². The van der Waals surface area contributed by atoms with E-state index in [1.165, 1.54) is 5.56 Å². The van der Waals surface area contributed by atoms with Crippen LogP contribution in [0.1, 0.15) is 5.56 Å². The van der Waals surface area contributed by atoms with E-state index < -0.39 is 0 Å². The number of nitrogens with zero attached hydrogens (tertiary/aromatic N) is 5. The summed E-state index contributed by atoms with van der Waals surface area (Å²) in [6.45, 7) is 0.882. The van der Waals surface area contributed by atoms with Gasteiger partial charge in [-0.05, 0) is 36.2 Å². The molecule has 0 atom stereocenters. The van der Waals surface area contributed by atoms with Crippen LogP contribution in [0.15, 0.2) is 42.7 Å². The minimum atomic E-state index is 0.752. The Bertz CT molecular complexity index is 722. The number of benzene rings is 1. The average Bonchev–Trinajstić information content (AvgIpc) is 3.00. The van der Waals surface area contributed by atoms with Gasteiger partial charge >= 0.3 is 0 Å². The number of fused-ring (bicyclic) bond motifs is 1. The van der Waals surface area contributed by atoms with Crippen LogP contribution >= 0.6 is 0 Å². The van der Waals surface area contributed by atoms with E-state index >= 15 is 0 Å². The number of ether oxygens (including phenoxy) is 1. The smallest absolute Gasteiger partial charge is 0.177 e. The highest BCUT2D eigenvalue weighted by Gasteiger charge is 2.05. The lowest BCUT2D eigenvalue weighted by atomic mass is 10.1. The standard InChI is InChI=1S/C15H17N5O/c1-19(10-9-12-3-5-13(21-2)6-4-12)15-8-7-14-17-16-11-20(14)18-15/h3-8,11H,9-10H2,1-2H3. The van der Waals surface area contributed by atoms with Gasteiger partial charge in [0.25, 0.3) is 0 Å². The maximum absolute atomic E-state index is 5.16. The third-order valence-electron chi connectivity index (χ3n) is 3.43. The van der Waals surface area contributed by atoms with Gasteiger partial charge in [-0.15, -0.1) is 15.3 Å². The molecule has 6 heteroatoms. The zero-order chi connectivity index (χ0) is 14.7. The monoisotopic (exact) mass is 283 g/mol. The van der Waals surface area contributed by atoms with E-state index in [0.29, 0.717) is 0 Å². The predicted octanol–water partition coefficient (Wildman–Crippen LogP) is 1.81. The molecule has 0 spiro atoms. The van der Waals surface area contributed by atoms with Crippen LogP contribution in [0.5, 0.6) is 5.75 Å². The van der Waals surface area contributed by atoms with Gasteiger partial charge in [0.15, 0.2) is 5.65 Å². The fourth-order valence-corrected chi connectivity index (χ4v) is 2.13. The van der Waals surface area contributed by atoms with Crippen LogP contribution in [-0.2, 0) is 6.42 Å². The molecule has 0 aliphatic rings. The van der Waals surface area contributed by atoms with Gasteiger partial charge in [-0.1, -0.05) is 12.1 Å². The number of likely N-dealkylation sites (N-methyl/N-ethyl adjacent to an activating group) is 1. The molecule has 0 fully saturated rings. The summed E-state index contributed by atoms with van der Waals surface area (Å²) in [4.78, 5) is 2.11. The summed E-state index contributed by atoms with van der Waals surface area (Å²) in [7, 11) is 3.71. The van der Waals surface area contributed by atoms with E-state index in [2.05, 4.69) is 32.3 Å². The maximum Gasteiger partial charge on any atom is 0.177 e. The fourth-order valence-electron chi connectivity index (χ4n) is 2.13. The van der Waals surface area contributed by atoms with Crippen molar-refractivity contribution in [1.29, 1.82) is 0 Å². The van der Waals surface area contributed by atoms with E-state index in [9.17, 15) is 0 Å². The first-order valence-electron chi connectivity index (χ1n) is 6.77. The number of hydrogen-bond donors (Lipinski definition) is 0. The molecule has 0 bridgehead atoms. The van der Waals surface area contributed by atoms with Crippen LogP contribution < -0.4 is 9.64 Å². The van der Waals surface area contributed by atoms with Crippen molar-refractivity contribution in [3.05, 3.63) is 48.3 Å². The number of aromatic nitrogens is 4. The third kappa shape index (κ3) is 2.94. The van der Waals surface area contributed by atoms with Crippen molar-refractivity contribution in [2.24, 2.45) is 0 Å². The third-order valence-corrected chi connectivity index (χ3v) is 3.43. The molecule has 0 saturated heterocycles. The van der Waals surface area contributed by atoms with Crippen LogP contribution in [0, 0.1) is 0 Å². The second-order valence-electron chi connectivity index (χ2n) is 4.84. The highest BCUT2D eigenvalue weighted by atomic mass is 16.5. The molecule has 0 aliphatic heterocycles. The van der Waals surface area contributed by atoms with Gasteiger partial charge < -0.3 is 9.64 Å². The largest absolute Gasteiger partial charge is 0.497 e. The van der Waals surface area contributed by atoms with Gasteiger partial charge in [0.1, 0.15) is 17.9 Å². The highest BCUT2D eigenvalue weighted by Crippen LogP contribution is 2.13. The van der Waals surface area contributed by atoms with Crippen LogP contribution in [0.25, 0.3) is 5.65 Å². The fraction of sp³-hybridized carbons (Fsp3) is 0.267. The summed E-state index contributed by atoms with van der Waals surface area (Å²) in [5.74, 6) is 1.78. The molecule has 1 aromatic carbocycles. The molecule has 2 aromatic heterocycles. The molecule has 6 nitrogen and oxygen atoms in total. The average molecular weight is 283 g/mol. The Labute approximate surface area is 123 Å². The zero-order valence-corrected chi connectivity index (χ0v) is 12.1. The minimum Gasteiger partial charge on any atom is -0.497 e. The topological polar surface area (TPSA) is 55.5 Å². The van der Waals surface area contributed by atoms with Crippen LogP contribution in [0.3, 0.4) is 0 Å². The van der Waals surface area contributed by atoms with E-state index in [0.717, 1.165) is 30.2 Å². The van der Waals surface area contributed by atoms with E-state index in [1.807, 2.05) is 31.3 Å². The predicted molar refractivity (Wildman–Crippen MR) is 80.8 cm³/mol. The van der Waals surface area contributed by atoms with Gasteiger partial charge in [-0.2, -0.15) is 4.52 Å². The van der Waals surface area contributed by atoms with E-state index in [-0.39, 0.29) is 0 Å². The quantitative estimate of drug-likeness (QED) is 0.715. The Morgan fingerprint density at radius 1 is 1.14 bits per heavy atom. The molecular weight excluding hydrogens is 266 g/mol. The lowest BCUT2D eigenvalue weighted by Crippen LogP contribution is -2.22. The molecule has 108 valence electrons. The summed E-state index contributed by atoms with van der Waals surface area (Å²) in [5.41, 5.74) is 2.02. The van der Waals surface area contributed by atoms with Crippen molar-refractivity contribution in [2.75, 3.05) is 25.6 Å². The van der Waals surface area contributed by atoms with E-state index in [1.54, 1.807) is 18.0 Å². The molecule has 3 aromatic rings.